The van der Waals surface area contributed by atoms with E-state index in [0.29, 0.717) is 21.7 Å². The topological polar surface area (TPSA) is 46.5 Å². The minimum atomic E-state index is -4.78. The van der Waals surface area contributed by atoms with E-state index in [1.54, 1.807) is 54.6 Å². The highest BCUT2D eigenvalue weighted by Crippen LogP contribution is 2.42. The van der Waals surface area contributed by atoms with Gasteiger partial charge in [0.1, 0.15) is 17.9 Å². The van der Waals surface area contributed by atoms with Gasteiger partial charge in [-0.3, -0.25) is 4.79 Å². The molecule has 0 aromatic heterocycles. The highest BCUT2D eigenvalue weighted by atomic mass is 35.5. The number of aliphatic carboxylic acids is 1. The molecule has 0 spiro atoms. The second kappa shape index (κ2) is 8.57. The monoisotopic (exact) mass is 420 g/mol. The Morgan fingerprint density at radius 3 is 2.21 bits per heavy atom. The minimum absolute atomic E-state index is 0.187. The smallest absolute Gasteiger partial charge is 0.420 e. The fourth-order valence-corrected chi connectivity index (χ4v) is 3.17. The summed E-state index contributed by atoms with van der Waals surface area (Å²) in [6, 6.07) is 17.9. The fraction of sp³-hybridized carbons (Fsp3) is 0.136. The molecule has 0 unspecified atom stereocenters. The third kappa shape index (κ3) is 5.09. The zero-order valence-corrected chi connectivity index (χ0v) is 15.8. The van der Waals surface area contributed by atoms with Crippen molar-refractivity contribution < 1.29 is 27.8 Å². The SMILES string of the molecule is O=C(O)Cc1cc(-c2ccccc2)cc(OCc2ccccc2Cl)c1C(F)(F)F. The molecule has 3 nitrogen and oxygen atoms in total. The van der Waals surface area contributed by atoms with Gasteiger partial charge in [0.25, 0.3) is 0 Å². The number of alkyl halides is 3. The van der Waals surface area contributed by atoms with Gasteiger partial charge in [-0.25, -0.2) is 0 Å². The number of rotatable bonds is 6. The Morgan fingerprint density at radius 1 is 0.931 bits per heavy atom. The molecule has 0 atom stereocenters. The molecule has 1 N–H and O–H groups in total. The molecule has 0 saturated heterocycles. The predicted molar refractivity (Wildman–Crippen MR) is 104 cm³/mol. The van der Waals surface area contributed by atoms with Crippen LogP contribution in [0.2, 0.25) is 5.02 Å². The molecule has 3 rings (SSSR count). The Bertz CT molecular complexity index is 1020. The van der Waals surface area contributed by atoms with Crippen molar-refractivity contribution in [1.82, 2.24) is 0 Å². The second-order valence-corrected chi connectivity index (χ2v) is 6.73. The van der Waals surface area contributed by atoms with E-state index in [1.165, 1.54) is 12.1 Å². The van der Waals surface area contributed by atoms with E-state index in [4.69, 9.17) is 21.4 Å². The van der Waals surface area contributed by atoms with E-state index in [1.807, 2.05) is 0 Å². The van der Waals surface area contributed by atoms with E-state index in [0.717, 1.165) is 0 Å². The minimum Gasteiger partial charge on any atom is -0.488 e. The highest BCUT2D eigenvalue weighted by Gasteiger charge is 2.38. The van der Waals surface area contributed by atoms with Crippen molar-refractivity contribution in [3.63, 3.8) is 0 Å². The Labute approximate surface area is 170 Å². The van der Waals surface area contributed by atoms with E-state index in [-0.39, 0.29) is 12.2 Å². The number of hydrogen-bond acceptors (Lipinski definition) is 2. The van der Waals surface area contributed by atoms with Crippen molar-refractivity contribution >= 4 is 17.6 Å². The summed E-state index contributed by atoms with van der Waals surface area (Å²) in [6.45, 7) is -0.187. The van der Waals surface area contributed by atoms with Crippen molar-refractivity contribution in [1.29, 1.82) is 0 Å². The number of carboxylic acids is 1. The third-order valence-electron chi connectivity index (χ3n) is 4.26. The average molecular weight is 421 g/mol. The lowest BCUT2D eigenvalue weighted by Gasteiger charge is -2.19. The molecule has 7 heteroatoms. The Morgan fingerprint density at radius 2 is 1.59 bits per heavy atom. The number of benzene rings is 3. The highest BCUT2D eigenvalue weighted by molar-refractivity contribution is 6.31. The van der Waals surface area contributed by atoms with E-state index in [2.05, 4.69) is 0 Å². The molecule has 0 aliphatic rings. The molecular formula is C22H16ClF3O3. The maximum absolute atomic E-state index is 13.8. The van der Waals surface area contributed by atoms with Crippen LogP contribution in [0.25, 0.3) is 11.1 Å². The molecule has 0 fully saturated rings. The molecule has 0 heterocycles. The summed E-state index contributed by atoms with van der Waals surface area (Å²) in [5, 5.41) is 9.49. The summed E-state index contributed by atoms with van der Waals surface area (Å²) >= 11 is 6.07. The lowest BCUT2D eigenvalue weighted by atomic mass is 9.96. The number of carboxylic acid groups (broad SMARTS) is 1. The average Bonchev–Trinajstić information content (AvgIpc) is 2.66. The van der Waals surface area contributed by atoms with Crippen LogP contribution in [-0.2, 0) is 24.0 Å². The van der Waals surface area contributed by atoms with Crippen molar-refractivity contribution in [2.24, 2.45) is 0 Å². The first-order valence-electron chi connectivity index (χ1n) is 8.63. The molecule has 150 valence electrons. The first-order chi connectivity index (χ1) is 13.8. The quantitative estimate of drug-likeness (QED) is 0.514. The van der Waals surface area contributed by atoms with Gasteiger partial charge in [0.2, 0.25) is 0 Å². The Balaban J connectivity index is 2.12. The molecule has 0 saturated carbocycles. The van der Waals surface area contributed by atoms with Crippen LogP contribution in [0, 0.1) is 0 Å². The van der Waals surface area contributed by atoms with Crippen LogP contribution in [-0.4, -0.2) is 11.1 Å². The summed E-state index contributed by atoms with van der Waals surface area (Å²) in [7, 11) is 0. The van der Waals surface area contributed by atoms with Crippen molar-refractivity contribution in [3.05, 3.63) is 88.4 Å². The first-order valence-corrected chi connectivity index (χ1v) is 9.01. The summed E-state index contributed by atoms with van der Waals surface area (Å²) in [5.41, 5.74) is 0.152. The molecule has 0 aliphatic heterocycles. The van der Waals surface area contributed by atoms with Gasteiger partial charge >= 0.3 is 12.1 Å². The largest absolute Gasteiger partial charge is 0.488 e. The number of halogens is 4. The van der Waals surface area contributed by atoms with E-state index >= 15 is 0 Å². The van der Waals surface area contributed by atoms with Crippen LogP contribution in [0.4, 0.5) is 13.2 Å². The third-order valence-corrected chi connectivity index (χ3v) is 4.63. The molecule has 29 heavy (non-hydrogen) atoms. The Hall–Kier alpha value is -2.99. The number of carbonyl (C=O) groups is 1. The van der Waals surface area contributed by atoms with Gasteiger partial charge in [0, 0.05) is 10.6 Å². The zero-order valence-electron chi connectivity index (χ0n) is 15.0. The van der Waals surface area contributed by atoms with Crippen LogP contribution in [0.1, 0.15) is 16.7 Å². The van der Waals surface area contributed by atoms with Gasteiger partial charge in [-0.15, -0.1) is 0 Å². The fourth-order valence-electron chi connectivity index (χ4n) is 2.98. The molecule has 0 bridgehead atoms. The maximum Gasteiger partial charge on any atom is 0.420 e. The van der Waals surface area contributed by atoms with Crippen molar-refractivity contribution in [2.45, 2.75) is 19.2 Å². The Kier molecular flexibility index (Phi) is 6.13. The molecule has 3 aromatic rings. The van der Waals surface area contributed by atoms with Gasteiger partial charge in [-0.05, 0) is 34.9 Å². The summed E-state index contributed by atoms with van der Waals surface area (Å²) in [5.74, 6) is -1.80. The summed E-state index contributed by atoms with van der Waals surface area (Å²) < 4.78 is 46.9. The molecule has 0 aliphatic carbocycles. The molecular weight excluding hydrogens is 405 g/mol. The zero-order chi connectivity index (χ0) is 21.0. The number of hydrogen-bond donors (Lipinski definition) is 1. The molecule has 3 aromatic carbocycles. The maximum atomic E-state index is 13.8. The van der Waals surface area contributed by atoms with Crippen LogP contribution < -0.4 is 4.74 Å². The molecule has 0 radical (unpaired) electrons. The van der Waals surface area contributed by atoms with Crippen molar-refractivity contribution in [3.8, 4) is 16.9 Å². The van der Waals surface area contributed by atoms with Gasteiger partial charge < -0.3 is 9.84 Å². The van der Waals surface area contributed by atoms with E-state index in [9.17, 15) is 18.0 Å². The summed E-state index contributed by atoms with van der Waals surface area (Å²) in [6.07, 6.45) is -5.56. The lowest BCUT2D eigenvalue weighted by Crippen LogP contribution is -2.15. The molecule has 0 amide bonds. The standard InChI is InChI=1S/C22H16ClF3O3/c23-18-9-5-4-8-15(18)13-29-19-11-16(14-6-2-1-3-7-14)10-17(12-20(27)28)21(19)22(24,25)26/h1-11H,12-13H2,(H,27,28). The van der Waals surface area contributed by atoms with Crippen LogP contribution in [0.5, 0.6) is 5.75 Å². The normalized spacial score (nSPS) is 11.3. The van der Waals surface area contributed by atoms with E-state index < -0.39 is 29.9 Å². The first kappa shape index (κ1) is 20.7. The van der Waals surface area contributed by atoms with Crippen molar-refractivity contribution in [2.75, 3.05) is 0 Å². The second-order valence-electron chi connectivity index (χ2n) is 6.32. The number of ether oxygens (including phenoxy) is 1. The van der Waals surface area contributed by atoms with Gasteiger partial charge in [-0.2, -0.15) is 13.2 Å². The van der Waals surface area contributed by atoms with Gasteiger partial charge in [0.15, 0.2) is 0 Å². The van der Waals surface area contributed by atoms with Gasteiger partial charge in [-0.1, -0.05) is 60.1 Å². The predicted octanol–water partition coefficient (Wildman–Crippen LogP) is 6.23. The van der Waals surface area contributed by atoms with Crippen LogP contribution >= 0.6 is 11.6 Å². The lowest BCUT2D eigenvalue weighted by molar-refractivity contribution is -0.140. The van der Waals surface area contributed by atoms with Gasteiger partial charge in [0.05, 0.1) is 6.42 Å². The summed E-state index contributed by atoms with van der Waals surface area (Å²) in [4.78, 5) is 11.2. The van der Waals surface area contributed by atoms with Crippen LogP contribution in [0.3, 0.4) is 0 Å². The van der Waals surface area contributed by atoms with Crippen LogP contribution in [0.15, 0.2) is 66.7 Å².